The third-order valence-electron chi connectivity index (χ3n) is 5.35. The van der Waals surface area contributed by atoms with Crippen LogP contribution in [0.3, 0.4) is 0 Å². The van der Waals surface area contributed by atoms with Crippen molar-refractivity contribution in [2.24, 2.45) is 0 Å². The monoisotopic (exact) mass is 492 g/mol. The van der Waals surface area contributed by atoms with E-state index >= 15 is 0 Å². The number of hydrogen-bond acceptors (Lipinski definition) is 6. The molecule has 0 saturated heterocycles. The van der Waals surface area contributed by atoms with Gasteiger partial charge in [0.15, 0.2) is 0 Å². The van der Waals surface area contributed by atoms with Crippen molar-refractivity contribution >= 4 is 33.7 Å². The molecule has 0 radical (unpaired) electrons. The molecular formula is C26H24N2O6S. The van der Waals surface area contributed by atoms with E-state index in [9.17, 15) is 18.0 Å². The lowest BCUT2D eigenvalue weighted by atomic mass is 10.1. The van der Waals surface area contributed by atoms with Crippen molar-refractivity contribution < 1.29 is 27.2 Å². The maximum absolute atomic E-state index is 13.3. The number of benzene rings is 2. The minimum Gasteiger partial charge on any atom is -0.462 e. The van der Waals surface area contributed by atoms with Crippen LogP contribution in [0.5, 0.6) is 0 Å². The van der Waals surface area contributed by atoms with Gasteiger partial charge in [-0.3, -0.25) is 9.69 Å². The normalized spacial score (nSPS) is 15.2. The summed E-state index contributed by atoms with van der Waals surface area (Å²) in [5.74, 6) is -0.350. The number of sulfonamides is 1. The van der Waals surface area contributed by atoms with Crippen LogP contribution < -0.4 is 9.62 Å². The standard InChI is InChI=1S/C26H24N2O6S/c1-3-33-26(30)24-18(2)28(19-10-6-4-7-11-19)25(29)23(24)16-20-14-15-21(34-20)17-27-35(31,32)22-12-8-5-9-13-22/h4-16,27H,3,17H2,1-2H3/b23-16+. The molecule has 1 aromatic heterocycles. The van der Waals surface area contributed by atoms with Crippen molar-refractivity contribution in [2.75, 3.05) is 11.5 Å². The number of ether oxygens (including phenoxy) is 1. The second kappa shape index (κ2) is 10.1. The number of hydrogen-bond donors (Lipinski definition) is 1. The van der Waals surface area contributed by atoms with E-state index in [0.29, 0.717) is 22.9 Å². The van der Waals surface area contributed by atoms with Crippen molar-refractivity contribution in [3.8, 4) is 0 Å². The van der Waals surface area contributed by atoms with Gasteiger partial charge in [-0.25, -0.2) is 17.9 Å². The third-order valence-corrected chi connectivity index (χ3v) is 6.77. The Morgan fingerprint density at radius 2 is 1.69 bits per heavy atom. The smallest absolute Gasteiger partial charge is 0.340 e. The number of carbonyl (C=O) groups excluding carboxylic acids is 2. The van der Waals surface area contributed by atoms with E-state index in [1.54, 1.807) is 68.4 Å². The first-order chi connectivity index (χ1) is 16.8. The summed E-state index contributed by atoms with van der Waals surface area (Å²) in [5.41, 5.74) is 1.36. The van der Waals surface area contributed by atoms with Crippen molar-refractivity contribution in [1.82, 2.24) is 4.72 Å². The molecule has 0 unspecified atom stereocenters. The van der Waals surface area contributed by atoms with Crippen molar-refractivity contribution in [3.05, 3.63) is 101 Å². The summed E-state index contributed by atoms with van der Waals surface area (Å²) >= 11 is 0. The molecule has 1 aliphatic heterocycles. The van der Waals surface area contributed by atoms with Gasteiger partial charge in [-0.15, -0.1) is 0 Å². The molecule has 180 valence electrons. The Kier molecular flexibility index (Phi) is 6.99. The number of amides is 1. The number of nitrogens with one attached hydrogen (secondary N) is 1. The zero-order chi connectivity index (χ0) is 25.0. The Morgan fingerprint density at radius 1 is 1.03 bits per heavy atom. The second-order valence-electron chi connectivity index (χ2n) is 7.66. The molecule has 1 aliphatic rings. The van der Waals surface area contributed by atoms with E-state index in [0.717, 1.165) is 0 Å². The van der Waals surface area contributed by atoms with Crippen LogP contribution in [0, 0.1) is 0 Å². The maximum Gasteiger partial charge on any atom is 0.340 e. The lowest BCUT2D eigenvalue weighted by Gasteiger charge is -2.17. The predicted octanol–water partition coefficient (Wildman–Crippen LogP) is 4.03. The number of anilines is 1. The first kappa shape index (κ1) is 24.2. The first-order valence-corrected chi connectivity index (χ1v) is 12.4. The molecule has 9 heteroatoms. The Morgan fingerprint density at radius 3 is 2.34 bits per heavy atom. The Labute approximate surface area is 203 Å². The number of rotatable bonds is 8. The van der Waals surface area contributed by atoms with E-state index in [-0.39, 0.29) is 35.1 Å². The number of furan rings is 1. The van der Waals surface area contributed by atoms with E-state index in [4.69, 9.17) is 9.15 Å². The van der Waals surface area contributed by atoms with Gasteiger partial charge < -0.3 is 9.15 Å². The van der Waals surface area contributed by atoms with Crippen LogP contribution in [0.4, 0.5) is 5.69 Å². The van der Waals surface area contributed by atoms with E-state index in [1.165, 1.54) is 23.1 Å². The van der Waals surface area contributed by atoms with Crippen LogP contribution in [0.2, 0.25) is 0 Å². The average molecular weight is 493 g/mol. The van der Waals surface area contributed by atoms with Gasteiger partial charge in [-0.2, -0.15) is 0 Å². The van der Waals surface area contributed by atoms with Gasteiger partial charge in [0.25, 0.3) is 5.91 Å². The molecule has 1 N–H and O–H groups in total. The van der Waals surface area contributed by atoms with Crippen LogP contribution in [-0.4, -0.2) is 26.9 Å². The van der Waals surface area contributed by atoms with Crippen LogP contribution in [-0.2, 0) is 30.9 Å². The third kappa shape index (κ3) is 5.11. The molecule has 8 nitrogen and oxygen atoms in total. The fourth-order valence-corrected chi connectivity index (χ4v) is 4.74. The van der Waals surface area contributed by atoms with E-state index < -0.39 is 16.0 Å². The fourth-order valence-electron chi connectivity index (χ4n) is 3.73. The summed E-state index contributed by atoms with van der Waals surface area (Å²) in [7, 11) is -3.71. The average Bonchev–Trinajstić information content (AvgIpc) is 3.41. The Hall–Kier alpha value is -3.95. The van der Waals surface area contributed by atoms with Crippen molar-refractivity contribution in [2.45, 2.75) is 25.3 Å². The molecule has 2 heterocycles. The minimum atomic E-state index is -3.71. The largest absolute Gasteiger partial charge is 0.462 e. The van der Waals surface area contributed by atoms with Gasteiger partial charge in [0, 0.05) is 11.4 Å². The zero-order valence-electron chi connectivity index (χ0n) is 19.2. The zero-order valence-corrected chi connectivity index (χ0v) is 20.0. The number of carbonyl (C=O) groups is 2. The fraction of sp³-hybridized carbons (Fsp3) is 0.154. The Balaban J connectivity index is 1.60. The van der Waals surface area contributed by atoms with Crippen LogP contribution >= 0.6 is 0 Å². The van der Waals surface area contributed by atoms with Gasteiger partial charge in [-0.1, -0.05) is 36.4 Å². The highest BCUT2D eigenvalue weighted by Crippen LogP contribution is 2.35. The highest BCUT2D eigenvalue weighted by atomic mass is 32.2. The highest BCUT2D eigenvalue weighted by molar-refractivity contribution is 7.89. The molecular weight excluding hydrogens is 468 g/mol. The maximum atomic E-state index is 13.3. The molecule has 0 bridgehead atoms. The second-order valence-corrected chi connectivity index (χ2v) is 9.42. The summed E-state index contributed by atoms with van der Waals surface area (Å²) in [6.45, 7) is 3.46. The highest BCUT2D eigenvalue weighted by Gasteiger charge is 2.38. The summed E-state index contributed by atoms with van der Waals surface area (Å²) in [6, 6.07) is 20.2. The lowest BCUT2D eigenvalue weighted by molar-refractivity contribution is -0.138. The Bertz CT molecular complexity index is 1410. The summed E-state index contributed by atoms with van der Waals surface area (Å²) in [5, 5.41) is 0. The predicted molar refractivity (Wildman–Crippen MR) is 130 cm³/mol. The van der Waals surface area contributed by atoms with Crippen molar-refractivity contribution in [1.29, 1.82) is 0 Å². The van der Waals surface area contributed by atoms with Gasteiger partial charge in [0.2, 0.25) is 10.0 Å². The topological polar surface area (TPSA) is 106 Å². The van der Waals surface area contributed by atoms with Crippen LogP contribution in [0.15, 0.2) is 99.0 Å². The summed E-state index contributed by atoms with van der Waals surface area (Å²) in [4.78, 5) is 27.7. The molecule has 2 aromatic carbocycles. The molecule has 0 spiro atoms. The molecule has 4 rings (SSSR count). The van der Waals surface area contributed by atoms with Gasteiger partial charge in [0.1, 0.15) is 11.5 Å². The molecule has 35 heavy (non-hydrogen) atoms. The number of para-hydroxylation sites is 1. The minimum absolute atomic E-state index is 0.0793. The molecule has 0 aliphatic carbocycles. The van der Waals surface area contributed by atoms with Gasteiger partial charge in [0.05, 0.1) is 29.2 Å². The molecule has 1 amide bonds. The first-order valence-electron chi connectivity index (χ1n) is 10.9. The quantitative estimate of drug-likeness (QED) is 0.376. The van der Waals surface area contributed by atoms with Gasteiger partial charge >= 0.3 is 5.97 Å². The number of allylic oxidation sites excluding steroid dienone is 1. The van der Waals surface area contributed by atoms with Crippen LogP contribution in [0.25, 0.3) is 6.08 Å². The van der Waals surface area contributed by atoms with E-state index in [2.05, 4.69) is 4.72 Å². The number of nitrogens with zero attached hydrogens (tertiary/aromatic N) is 1. The molecule has 0 atom stereocenters. The SMILES string of the molecule is CCOC(=O)C1=C(C)N(c2ccccc2)C(=O)/C1=C/c1ccc(CNS(=O)(=O)c2ccccc2)o1. The molecule has 0 saturated carbocycles. The van der Waals surface area contributed by atoms with Gasteiger partial charge in [-0.05, 0) is 56.3 Å². The number of esters is 1. The van der Waals surface area contributed by atoms with Crippen LogP contribution in [0.1, 0.15) is 25.4 Å². The van der Waals surface area contributed by atoms with Crippen molar-refractivity contribution in [3.63, 3.8) is 0 Å². The summed E-state index contributed by atoms with van der Waals surface area (Å²) in [6.07, 6.45) is 1.47. The summed E-state index contributed by atoms with van der Waals surface area (Å²) < 4.78 is 38.3. The lowest BCUT2D eigenvalue weighted by Crippen LogP contribution is -2.24. The molecule has 3 aromatic rings. The van der Waals surface area contributed by atoms with E-state index in [1.807, 2.05) is 6.07 Å². The molecule has 0 fully saturated rings.